The molecule has 0 aliphatic carbocycles. The number of anilines is 1. The van der Waals surface area contributed by atoms with Crippen molar-refractivity contribution in [1.29, 1.82) is 0 Å². The van der Waals surface area contributed by atoms with Gasteiger partial charge in [-0.15, -0.1) is 0 Å². The van der Waals surface area contributed by atoms with Crippen molar-refractivity contribution in [2.45, 2.75) is 11.7 Å². The van der Waals surface area contributed by atoms with Gasteiger partial charge in [0.2, 0.25) is 5.91 Å². The Morgan fingerprint density at radius 2 is 1.76 bits per heavy atom. The van der Waals surface area contributed by atoms with Gasteiger partial charge < -0.3 is 9.80 Å². The third-order valence-corrected chi connectivity index (χ3v) is 6.75. The lowest BCUT2D eigenvalue weighted by molar-refractivity contribution is -0.131. The van der Waals surface area contributed by atoms with E-state index >= 15 is 0 Å². The Morgan fingerprint density at radius 1 is 1.00 bits per heavy atom. The van der Waals surface area contributed by atoms with Gasteiger partial charge in [-0.1, -0.05) is 36.4 Å². The number of nitrogens with zero attached hydrogens (tertiary/aromatic N) is 3. The van der Waals surface area contributed by atoms with Gasteiger partial charge in [0.1, 0.15) is 12.4 Å². The number of carbonyl (C=O) groups is 2. The molecule has 0 radical (unpaired) electrons. The summed E-state index contributed by atoms with van der Waals surface area (Å²) in [5.74, 6) is 0.533. The van der Waals surface area contributed by atoms with Crippen LogP contribution >= 0.6 is 11.8 Å². The molecule has 5 nitrogen and oxygen atoms in total. The molecule has 0 N–H and O–H groups in total. The second-order valence-corrected chi connectivity index (χ2v) is 8.55. The highest BCUT2D eigenvalue weighted by molar-refractivity contribution is 7.99. The lowest BCUT2D eigenvalue weighted by atomic mass is 10.1. The molecular weight excluding hydrogens is 389 g/mol. The van der Waals surface area contributed by atoms with E-state index in [1.54, 1.807) is 27.6 Å². The molecule has 2 heterocycles. The zero-order valence-electron chi connectivity index (χ0n) is 16.2. The van der Waals surface area contributed by atoms with E-state index in [0.29, 0.717) is 38.2 Å². The molecule has 1 unspecified atom stereocenters. The standard InChI is InChI=1S/C22H24FN3O2S/c23-19-9-5-4-8-18(19)20-10-11-24(14-15-29-20)21(27)16-25-12-13-26(22(25)28)17-6-2-1-3-7-17/h1-9,20H,10-16H2. The maximum absolute atomic E-state index is 14.1. The average Bonchev–Trinajstić information content (AvgIpc) is 2.94. The molecule has 4 rings (SSSR count). The highest BCUT2D eigenvalue weighted by atomic mass is 32.2. The minimum absolute atomic E-state index is 0.0388. The van der Waals surface area contributed by atoms with Crippen LogP contribution in [0.25, 0.3) is 0 Å². The SMILES string of the molecule is O=C(CN1CCN(c2ccccc2)C1=O)N1CCSC(c2ccccc2F)CC1. The molecule has 0 bridgehead atoms. The lowest BCUT2D eigenvalue weighted by Crippen LogP contribution is -2.43. The molecule has 7 heteroatoms. The Hall–Kier alpha value is -2.54. The monoisotopic (exact) mass is 413 g/mol. The first-order valence-electron chi connectivity index (χ1n) is 9.89. The van der Waals surface area contributed by atoms with Crippen molar-refractivity contribution in [3.8, 4) is 0 Å². The van der Waals surface area contributed by atoms with Gasteiger partial charge in [-0.25, -0.2) is 9.18 Å². The molecule has 29 heavy (non-hydrogen) atoms. The first-order chi connectivity index (χ1) is 14.1. The number of hydrogen-bond donors (Lipinski definition) is 0. The van der Waals surface area contributed by atoms with E-state index in [-0.39, 0.29) is 29.6 Å². The minimum Gasteiger partial charge on any atom is -0.340 e. The summed E-state index contributed by atoms with van der Waals surface area (Å²) in [5, 5.41) is 0.0518. The number of hydrogen-bond acceptors (Lipinski definition) is 3. The molecular formula is C22H24FN3O2S. The summed E-state index contributed by atoms with van der Waals surface area (Å²) in [5.41, 5.74) is 1.56. The van der Waals surface area contributed by atoms with Crippen molar-refractivity contribution in [2.75, 3.05) is 43.4 Å². The van der Waals surface area contributed by atoms with E-state index in [2.05, 4.69) is 0 Å². The predicted octanol–water partition coefficient (Wildman–Crippen LogP) is 3.77. The molecule has 0 spiro atoms. The second kappa shape index (κ2) is 8.86. The first-order valence-corrected chi connectivity index (χ1v) is 10.9. The molecule has 2 fully saturated rings. The number of urea groups is 1. The Kier molecular flexibility index (Phi) is 6.04. The summed E-state index contributed by atoms with van der Waals surface area (Å²) in [4.78, 5) is 30.7. The normalized spacial score (nSPS) is 20.1. The quantitative estimate of drug-likeness (QED) is 0.766. The smallest absolute Gasteiger partial charge is 0.325 e. The minimum atomic E-state index is -0.187. The van der Waals surface area contributed by atoms with Crippen molar-refractivity contribution in [2.24, 2.45) is 0 Å². The van der Waals surface area contributed by atoms with E-state index in [9.17, 15) is 14.0 Å². The van der Waals surface area contributed by atoms with Crippen molar-refractivity contribution >= 4 is 29.4 Å². The molecule has 2 aliphatic rings. The van der Waals surface area contributed by atoms with Crippen LogP contribution < -0.4 is 4.90 Å². The number of carbonyl (C=O) groups excluding carboxylic acids is 2. The van der Waals surface area contributed by atoms with Gasteiger partial charge in [0.05, 0.1) is 0 Å². The molecule has 3 amide bonds. The van der Waals surface area contributed by atoms with Crippen molar-refractivity contribution in [3.05, 3.63) is 66.0 Å². The number of halogens is 1. The molecule has 2 aromatic carbocycles. The number of benzene rings is 2. The van der Waals surface area contributed by atoms with Gasteiger partial charge in [-0.2, -0.15) is 11.8 Å². The third-order valence-electron chi connectivity index (χ3n) is 5.44. The number of amides is 3. The maximum Gasteiger partial charge on any atom is 0.325 e. The van der Waals surface area contributed by atoms with Crippen LogP contribution in [-0.2, 0) is 4.79 Å². The van der Waals surface area contributed by atoms with Crippen LogP contribution in [0.4, 0.5) is 14.9 Å². The Bertz CT molecular complexity index is 879. The fraction of sp³-hybridized carbons (Fsp3) is 0.364. The Balaban J connectivity index is 1.35. The second-order valence-electron chi connectivity index (χ2n) is 7.24. The topological polar surface area (TPSA) is 43.9 Å². The van der Waals surface area contributed by atoms with Crippen LogP contribution in [0.15, 0.2) is 54.6 Å². The van der Waals surface area contributed by atoms with Crippen molar-refractivity contribution in [1.82, 2.24) is 9.80 Å². The number of para-hydroxylation sites is 1. The molecule has 152 valence electrons. The van der Waals surface area contributed by atoms with Crippen LogP contribution in [0, 0.1) is 5.82 Å². The maximum atomic E-state index is 14.1. The highest BCUT2D eigenvalue weighted by Crippen LogP contribution is 2.35. The molecule has 0 aromatic heterocycles. The Labute approximate surface area is 174 Å². The van der Waals surface area contributed by atoms with Crippen molar-refractivity contribution in [3.63, 3.8) is 0 Å². The van der Waals surface area contributed by atoms with E-state index in [4.69, 9.17) is 0 Å². The largest absolute Gasteiger partial charge is 0.340 e. The zero-order valence-corrected chi connectivity index (χ0v) is 17.0. The van der Waals surface area contributed by atoms with Crippen LogP contribution in [0.3, 0.4) is 0 Å². The van der Waals surface area contributed by atoms with Crippen LogP contribution in [0.5, 0.6) is 0 Å². The summed E-state index contributed by atoms with van der Waals surface area (Å²) in [6.07, 6.45) is 0.710. The molecule has 2 aromatic rings. The number of rotatable bonds is 4. The fourth-order valence-electron chi connectivity index (χ4n) is 3.84. The summed E-state index contributed by atoms with van der Waals surface area (Å²) in [7, 11) is 0. The van der Waals surface area contributed by atoms with Gasteiger partial charge in [-0.3, -0.25) is 9.69 Å². The number of thioether (sulfide) groups is 1. The van der Waals surface area contributed by atoms with Gasteiger partial charge in [0.15, 0.2) is 0 Å². The van der Waals surface area contributed by atoms with Gasteiger partial charge in [-0.05, 0) is 24.6 Å². The lowest BCUT2D eigenvalue weighted by Gasteiger charge is -2.24. The van der Waals surface area contributed by atoms with Crippen molar-refractivity contribution < 1.29 is 14.0 Å². The van der Waals surface area contributed by atoms with Crippen LogP contribution in [0.2, 0.25) is 0 Å². The Morgan fingerprint density at radius 3 is 2.55 bits per heavy atom. The predicted molar refractivity (Wildman–Crippen MR) is 114 cm³/mol. The summed E-state index contributed by atoms with van der Waals surface area (Å²) >= 11 is 1.69. The zero-order chi connectivity index (χ0) is 20.2. The molecule has 1 atom stereocenters. The van der Waals surface area contributed by atoms with Gasteiger partial charge in [0.25, 0.3) is 0 Å². The third kappa shape index (κ3) is 4.40. The van der Waals surface area contributed by atoms with Gasteiger partial charge >= 0.3 is 6.03 Å². The summed E-state index contributed by atoms with van der Waals surface area (Å²) in [6, 6.07) is 16.2. The van der Waals surface area contributed by atoms with Crippen LogP contribution in [-0.4, -0.2) is 60.2 Å². The van der Waals surface area contributed by atoms with E-state index in [1.165, 1.54) is 6.07 Å². The average molecular weight is 414 g/mol. The van der Waals surface area contributed by atoms with E-state index < -0.39 is 0 Å². The van der Waals surface area contributed by atoms with Crippen LogP contribution in [0.1, 0.15) is 17.2 Å². The molecule has 2 saturated heterocycles. The molecule has 2 aliphatic heterocycles. The van der Waals surface area contributed by atoms with E-state index in [1.807, 2.05) is 47.4 Å². The van der Waals surface area contributed by atoms with Gasteiger partial charge in [0, 0.05) is 48.4 Å². The van der Waals surface area contributed by atoms with E-state index in [0.717, 1.165) is 11.4 Å². The first kappa shape index (κ1) is 19.8. The molecule has 0 saturated carbocycles. The highest BCUT2D eigenvalue weighted by Gasteiger charge is 2.32. The fourth-order valence-corrected chi connectivity index (χ4v) is 5.10. The summed E-state index contributed by atoms with van der Waals surface area (Å²) in [6.45, 7) is 2.42. The summed E-state index contributed by atoms with van der Waals surface area (Å²) < 4.78 is 14.1.